The highest BCUT2D eigenvalue weighted by atomic mass is 19.4. The molecular weight excluding hydrogens is 465 g/mol. The number of carbonyl (C=O) groups excluding carboxylic acids is 2. The Bertz CT molecular complexity index is 1170. The van der Waals surface area contributed by atoms with E-state index in [1.165, 1.54) is 0 Å². The molecule has 2 aromatic rings. The Morgan fingerprint density at radius 3 is 2.17 bits per heavy atom. The molecule has 35 heavy (non-hydrogen) atoms. The van der Waals surface area contributed by atoms with Gasteiger partial charge in [-0.15, -0.1) is 0 Å². The quantitative estimate of drug-likeness (QED) is 0.647. The van der Waals surface area contributed by atoms with E-state index >= 15 is 0 Å². The van der Waals surface area contributed by atoms with Crippen LogP contribution in [-0.4, -0.2) is 60.4 Å². The zero-order chi connectivity index (χ0) is 25.2. The van der Waals surface area contributed by atoms with Crippen LogP contribution in [0.15, 0.2) is 48.5 Å². The fourth-order valence-corrected chi connectivity index (χ4v) is 4.52. The fourth-order valence-electron chi connectivity index (χ4n) is 4.52. The Balaban J connectivity index is 1.28. The average molecular weight is 486 g/mol. The summed E-state index contributed by atoms with van der Waals surface area (Å²) >= 11 is 0. The van der Waals surface area contributed by atoms with E-state index in [1.807, 2.05) is 48.5 Å². The number of amides is 2. The number of carboxylic acids is 1. The second-order valence-corrected chi connectivity index (χ2v) is 8.28. The first-order valence-corrected chi connectivity index (χ1v) is 10.8. The second-order valence-electron chi connectivity index (χ2n) is 8.28. The van der Waals surface area contributed by atoms with Crippen LogP contribution in [0.5, 0.6) is 0 Å². The van der Waals surface area contributed by atoms with Crippen molar-refractivity contribution >= 4 is 18.0 Å². The molecule has 2 N–H and O–H groups in total. The van der Waals surface area contributed by atoms with Crippen LogP contribution in [-0.2, 0) is 14.3 Å². The number of nitrogens with one attached hydrogen (secondary N) is 1. The molecule has 0 spiro atoms. The zero-order valence-electron chi connectivity index (χ0n) is 18.3. The molecule has 0 saturated carbocycles. The number of benzene rings is 2. The van der Waals surface area contributed by atoms with Gasteiger partial charge >= 0.3 is 18.2 Å². The van der Waals surface area contributed by atoms with Gasteiger partial charge in [-0.2, -0.15) is 13.2 Å². The van der Waals surface area contributed by atoms with Crippen molar-refractivity contribution < 1.29 is 37.4 Å². The van der Waals surface area contributed by atoms with E-state index in [0.29, 0.717) is 0 Å². The van der Waals surface area contributed by atoms with E-state index in [2.05, 4.69) is 17.2 Å². The molecule has 1 heterocycles. The van der Waals surface area contributed by atoms with E-state index in [9.17, 15) is 27.6 Å². The first-order chi connectivity index (χ1) is 16.7. The van der Waals surface area contributed by atoms with Gasteiger partial charge in [0.05, 0.1) is 18.4 Å². The summed E-state index contributed by atoms with van der Waals surface area (Å²) in [5, 5.41) is 11.4. The van der Waals surface area contributed by atoms with Crippen molar-refractivity contribution in [2.24, 2.45) is 11.8 Å². The summed E-state index contributed by atoms with van der Waals surface area (Å²) < 4.78 is 44.5. The molecule has 0 aromatic heterocycles. The molecule has 2 aliphatic rings. The highest BCUT2D eigenvalue weighted by Gasteiger charge is 2.53. The molecule has 0 bridgehead atoms. The molecule has 0 radical (unpaired) electrons. The number of ether oxygens (including phenoxy) is 1. The van der Waals surface area contributed by atoms with Gasteiger partial charge in [0, 0.05) is 19.0 Å². The molecule has 2 unspecified atom stereocenters. The van der Waals surface area contributed by atoms with E-state index in [-0.39, 0.29) is 19.1 Å². The van der Waals surface area contributed by atoms with Gasteiger partial charge in [0.15, 0.2) is 0 Å². The van der Waals surface area contributed by atoms with Crippen molar-refractivity contribution in [2.75, 3.05) is 26.2 Å². The molecule has 10 heteroatoms. The summed E-state index contributed by atoms with van der Waals surface area (Å²) in [6, 6.07) is 15.7. The van der Waals surface area contributed by atoms with Crippen LogP contribution >= 0.6 is 0 Å². The maximum absolute atomic E-state index is 13.1. The minimum atomic E-state index is -4.74. The number of nitrogens with zero attached hydrogens (tertiary/aromatic N) is 1. The largest absolute Gasteiger partial charge is 0.481 e. The number of halogens is 3. The van der Waals surface area contributed by atoms with Gasteiger partial charge in [-0.1, -0.05) is 54.5 Å². The molecule has 7 nitrogen and oxygen atoms in total. The number of carbonyl (C=O) groups is 3. The summed E-state index contributed by atoms with van der Waals surface area (Å²) in [5.41, 5.74) is 4.27. The summed E-state index contributed by atoms with van der Waals surface area (Å²) in [6.07, 6.45) is -5.49. The first kappa shape index (κ1) is 24.1. The lowest BCUT2D eigenvalue weighted by Crippen LogP contribution is -2.34. The predicted molar refractivity (Wildman–Crippen MR) is 118 cm³/mol. The normalized spacial score (nSPS) is 18.8. The van der Waals surface area contributed by atoms with Gasteiger partial charge in [0.2, 0.25) is 0 Å². The second kappa shape index (κ2) is 9.70. The van der Waals surface area contributed by atoms with Crippen molar-refractivity contribution in [3.05, 3.63) is 59.7 Å². The van der Waals surface area contributed by atoms with Gasteiger partial charge < -0.3 is 20.1 Å². The van der Waals surface area contributed by atoms with E-state index in [0.717, 1.165) is 27.2 Å². The number of likely N-dealkylation sites (tertiary alicyclic amines) is 1. The van der Waals surface area contributed by atoms with Crippen LogP contribution in [0.1, 0.15) is 17.0 Å². The van der Waals surface area contributed by atoms with Crippen molar-refractivity contribution in [2.45, 2.75) is 12.1 Å². The molecule has 1 aliphatic carbocycles. The lowest BCUT2D eigenvalue weighted by atomic mass is 9.96. The highest BCUT2D eigenvalue weighted by Crippen LogP contribution is 2.44. The Morgan fingerprint density at radius 1 is 1.03 bits per heavy atom. The van der Waals surface area contributed by atoms with Gasteiger partial charge in [0.25, 0.3) is 5.91 Å². The summed E-state index contributed by atoms with van der Waals surface area (Å²) in [5.74, 6) is -2.05. The zero-order valence-corrected chi connectivity index (χ0v) is 18.3. The number of carboxylic acid groups (broad SMARTS) is 1. The minimum absolute atomic E-state index is 0.0927. The third kappa shape index (κ3) is 5.09. The van der Waals surface area contributed by atoms with Gasteiger partial charge in [-0.05, 0) is 28.2 Å². The molecule has 1 fully saturated rings. The highest BCUT2D eigenvalue weighted by molar-refractivity contribution is 5.94. The first-order valence-electron chi connectivity index (χ1n) is 10.8. The molecule has 2 atom stereocenters. The fraction of sp³-hybridized carbons (Fsp3) is 0.320. The Hall–Kier alpha value is -4.00. The van der Waals surface area contributed by atoms with Crippen LogP contribution in [0.2, 0.25) is 0 Å². The third-order valence-electron chi connectivity index (χ3n) is 6.20. The molecule has 2 aromatic carbocycles. The van der Waals surface area contributed by atoms with Crippen molar-refractivity contribution in [3.8, 4) is 23.0 Å². The number of fused-ring (bicyclic) bond motifs is 3. The maximum Gasteiger partial charge on any atom is 0.407 e. The van der Waals surface area contributed by atoms with Crippen LogP contribution in [0.25, 0.3) is 11.1 Å². The number of alkyl halides is 3. The number of aliphatic carboxylic acids is 1. The van der Waals surface area contributed by atoms with Crippen LogP contribution in [0, 0.1) is 23.7 Å². The lowest BCUT2D eigenvalue weighted by Gasteiger charge is -2.17. The SMILES string of the molecule is O=C(NCC#CC(=O)N1CC(C(=O)O)C(C(F)(F)F)C1)OCC1c2ccccc2-c2ccccc21. The van der Waals surface area contributed by atoms with Crippen molar-refractivity contribution in [1.29, 1.82) is 0 Å². The molecule has 4 rings (SSSR count). The van der Waals surface area contributed by atoms with E-state index in [4.69, 9.17) is 9.84 Å². The van der Waals surface area contributed by atoms with Gasteiger partial charge in [-0.3, -0.25) is 9.59 Å². The summed E-state index contributed by atoms with van der Waals surface area (Å²) in [4.78, 5) is 36.1. The molecule has 1 saturated heterocycles. The number of rotatable bonds is 4. The molecule has 1 aliphatic heterocycles. The molecular formula is C25H21F3N2O5. The smallest absolute Gasteiger partial charge is 0.407 e. The number of alkyl carbamates (subject to hydrolysis) is 1. The monoisotopic (exact) mass is 486 g/mol. The van der Waals surface area contributed by atoms with E-state index < -0.39 is 49.1 Å². The predicted octanol–water partition coefficient (Wildman–Crippen LogP) is 3.25. The summed E-state index contributed by atoms with van der Waals surface area (Å²) in [7, 11) is 0. The average Bonchev–Trinajstić information content (AvgIpc) is 3.41. The molecule has 182 valence electrons. The minimum Gasteiger partial charge on any atom is -0.481 e. The van der Waals surface area contributed by atoms with Crippen molar-refractivity contribution in [3.63, 3.8) is 0 Å². The third-order valence-corrected chi connectivity index (χ3v) is 6.20. The maximum atomic E-state index is 13.1. The van der Waals surface area contributed by atoms with Crippen LogP contribution in [0.3, 0.4) is 0 Å². The standard InChI is InChI=1S/C25H21F3N2O5/c26-25(27,28)21-13-30(12-19(21)23(32)33)22(31)10-5-11-29-24(34)35-14-20-17-8-3-1-6-15(17)16-7-2-4-9-18(16)20/h1-4,6-9,19-21H,11-14H2,(H,29,34)(H,32,33). The Morgan fingerprint density at radius 2 is 1.63 bits per heavy atom. The van der Waals surface area contributed by atoms with Gasteiger partial charge in [-0.25, -0.2) is 4.79 Å². The number of hydrogen-bond donors (Lipinski definition) is 2. The van der Waals surface area contributed by atoms with Crippen LogP contribution in [0.4, 0.5) is 18.0 Å². The lowest BCUT2D eigenvalue weighted by molar-refractivity contribution is -0.188. The Kier molecular flexibility index (Phi) is 6.69. The van der Waals surface area contributed by atoms with Gasteiger partial charge in [0.1, 0.15) is 6.61 Å². The molecule has 2 amide bonds. The number of hydrogen-bond acceptors (Lipinski definition) is 4. The summed E-state index contributed by atoms with van der Waals surface area (Å²) in [6.45, 7) is -1.52. The Labute approximate surface area is 198 Å². The van der Waals surface area contributed by atoms with Crippen molar-refractivity contribution in [1.82, 2.24) is 10.2 Å². The topological polar surface area (TPSA) is 95.9 Å². The van der Waals surface area contributed by atoms with Crippen LogP contribution < -0.4 is 5.32 Å². The van der Waals surface area contributed by atoms with E-state index in [1.54, 1.807) is 0 Å².